The molecule has 0 radical (unpaired) electrons. The monoisotopic (exact) mass is 182 g/mol. The Balaban J connectivity index is 1.90. The van der Waals surface area contributed by atoms with Crippen molar-refractivity contribution in [1.29, 1.82) is 0 Å². The molecule has 0 aromatic rings. The fourth-order valence-corrected chi connectivity index (χ4v) is 4.25. The molecule has 0 aromatic heterocycles. The van der Waals surface area contributed by atoms with E-state index in [1.807, 2.05) is 0 Å². The maximum atomic E-state index is 10.2. The second-order valence-electron chi connectivity index (χ2n) is 5.39. The van der Waals surface area contributed by atoms with Gasteiger partial charge in [-0.2, -0.15) is 0 Å². The molecule has 13 heavy (non-hydrogen) atoms. The fraction of sp³-hybridized carbons (Fsp3) is 1.00. The van der Waals surface area contributed by atoms with Crippen molar-refractivity contribution in [2.45, 2.75) is 43.7 Å². The predicted octanol–water partition coefficient (Wildman–Crippen LogP) is 0.389. The molecule has 2 atom stereocenters. The zero-order chi connectivity index (χ0) is 9.05. The number of hydrogen-bond donors (Lipinski definition) is 3. The van der Waals surface area contributed by atoms with E-state index in [1.165, 1.54) is 12.8 Å². The lowest BCUT2D eigenvalue weighted by Gasteiger charge is -2.57. The van der Waals surface area contributed by atoms with Gasteiger partial charge in [0.25, 0.3) is 0 Å². The molecule has 4 N–H and O–H groups in total. The number of aliphatic hydroxyl groups is 1. The molecule has 0 saturated heterocycles. The Kier molecular flexibility index (Phi) is 1.56. The first kappa shape index (κ1) is 8.21. The zero-order valence-electron chi connectivity index (χ0n) is 7.87. The Morgan fingerprint density at radius 3 is 2.23 bits per heavy atom. The van der Waals surface area contributed by atoms with Crippen LogP contribution < -0.4 is 11.3 Å². The Labute approximate surface area is 78.7 Å². The van der Waals surface area contributed by atoms with Gasteiger partial charge >= 0.3 is 0 Å². The highest BCUT2D eigenvalue weighted by atomic mass is 16.3. The van der Waals surface area contributed by atoms with Crippen molar-refractivity contribution < 1.29 is 5.11 Å². The Hall–Kier alpha value is -0.120. The first-order chi connectivity index (χ1) is 6.20. The van der Waals surface area contributed by atoms with Crippen LogP contribution in [0.25, 0.3) is 0 Å². The van der Waals surface area contributed by atoms with Crippen LogP contribution in [0.4, 0.5) is 0 Å². The van der Waals surface area contributed by atoms with Gasteiger partial charge in [0, 0.05) is 6.04 Å². The van der Waals surface area contributed by atoms with E-state index in [9.17, 15) is 5.11 Å². The number of nitrogens with two attached hydrogens (primary N) is 1. The quantitative estimate of drug-likeness (QED) is 0.406. The van der Waals surface area contributed by atoms with Gasteiger partial charge < -0.3 is 5.11 Å². The predicted molar refractivity (Wildman–Crippen MR) is 49.6 cm³/mol. The molecule has 3 nitrogen and oxygen atoms in total. The highest BCUT2D eigenvalue weighted by molar-refractivity contribution is 5.07. The van der Waals surface area contributed by atoms with E-state index in [0.29, 0.717) is 17.9 Å². The number of nitrogens with one attached hydrogen (secondary N) is 1. The molecule has 4 aliphatic rings. The molecule has 4 aliphatic carbocycles. The van der Waals surface area contributed by atoms with Crippen LogP contribution >= 0.6 is 0 Å². The van der Waals surface area contributed by atoms with E-state index < -0.39 is 0 Å². The lowest BCUT2D eigenvalue weighted by molar-refractivity contribution is -0.138. The second-order valence-corrected chi connectivity index (χ2v) is 5.39. The molecule has 4 fully saturated rings. The SMILES string of the molecule is NNC1C2CC3CC1CC(O)(C3)C2. The largest absolute Gasteiger partial charge is 0.390 e. The standard InChI is InChI=1S/C10H18N2O/c11-12-9-7-1-6-2-8(9)5-10(13,3-6)4-7/h6-9,12-13H,1-5,11H2. The van der Waals surface area contributed by atoms with Crippen LogP contribution in [0.5, 0.6) is 0 Å². The first-order valence-electron chi connectivity index (χ1n) is 5.39. The van der Waals surface area contributed by atoms with Crippen LogP contribution in [-0.4, -0.2) is 16.7 Å². The van der Waals surface area contributed by atoms with Gasteiger partial charge in [-0.25, -0.2) is 0 Å². The molecule has 0 amide bonds. The van der Waals surface area contributed by atoms with Gasteiger partial charge in [0.05, 0.1) is 5.60 Å². The fourth-order valence-electron chi connectivity index (χ4n) is 4.25. The first-order valence-corrected chi connectivity index (χ1v) is 5.39. The molecular weight excluding hydrogens is 164 g/mol. The van der Waals surface area contributed by atoms with Crippen LogP contribution in [0.2, 0.25) is 0 Å². The summed E-state index contributed by atoms with van der Waals surface area (Å²) in [6.45, 7) is 0. The lowest BCUT2D eigenvalue weighted by Crippen LogP contribution is -2.62. The average molecular weight is 182 g/mol. The van der Waals surface area contributed by atoms with Crippen molar-refractivity contribution in [3.63, 3.8) is 0 Å². The molecule has 74 valence electrons. The summed E-state index contributed by atoms with van der Waals surface area (Å²) in [6.07, 6.45) is 5.59. The van der Waals surface area contributed by atoms with Gasteiger partial charge in [-0.05, 0) is 49.9 Å². The maximum Gasteiger partial charge on any atom is 0.0657 e. The molecule has 3 heteroatoms. The minimum Gasteiger partial charge on any atom is -0.390 e. The lowest BCUT2D eigenvalue weighted by atomic mass is 9.52. The van der Waals surface area contributed by atoms with Crippen molar-refractivity contribution in [1.82, 2.24) is 5.43 Å². The van der Waals surface area contributed by atoms with Gasteiger partial charge in [0.1, 0.15) is 0 Å². The van der Waals surface area contributed by atoms with Gasteiger partial charge in [-0.3, -0.25) is 11.3 Å². The summed E-state index contributed by atoms with van der Waals surface area (Å²) < 4.78 is 0. The maximum absolute atomic E-state index is 10.2. The van der Waals surface area contributed by atoms with Crippen molar-refractivity contribution >= 4 is 0 Å². The highest BCUT2D eigenvalue weighted by Crippen LogP contribution is 2.55. The van der Waals surface area contributed by atoms with E-state index in [2.05, 4.69) is 5.43 Å². The number of rotatable bonds is 1. The number of hydrogen-bond acceptors (Lipinski definition) is 3. The third kappa shape index (κ3) is 1.07. The molecule has 0 spiro atoms. The number of hydrazine groups is 1. The Morgan fingerprint density at radius 1 is 1.15 bits per heavy atom. The third-order valence-corrected chi connectivity index (χ3v) is 4.43. The van der Waals surface area contributed by atoms with Crippen LogP contribution in [0.3, 0.4) is 0 Å². The minimum absolute atomic E-state index is 0.316. The molecule has 0 aliphatic heterocycles. The molecular formula is C10H18N2O. The van der Waals surface area contributed by atoms with E-state index in [0.717, 1.165) is 25.2 Å². The Morgan fingerprint density at radius 2 is 1.77 bits per heavy atom. The van der Waals surface area contributed by atoms with Crippen molar-refractivity contribution in [2.75, 3.05) is 0 Å². The van der Waals surface area contributed by atoms with Gasteiger partial charge in [0.15, 0.2) is 0 Å². The van der Waals surface area contributed by atoms with Crippen LogP contribution in [-0.2, 0) is 0 Å². The summed E-state index contributed by atoms with van der Waals surface area (Å²) >= 11 is 0. The van der Waals surface area contributed by atoms with Crippen molar-refractivity contribution in [3.8, 4) is 0 Å². The van der Waals surface area contributed by atoms with E-state index in [4.69, 9.17) is 5.84 Å². The smallest absolute Gasteiger partial charge is 0.0657 e. The molecule has 4 bridgehead atoms. The zero-order valence-corrected chi connectivity index (χ0v) is 7.87. The summed E-state index contributed by atoms with van der Waals surface area (Å²) in [5.41, 5.74) is 2.64. The highest BCUT2D eigenvalue weighted by Gasteiger charge is 2.54. The molecule has 0 aromatic carbocycles. The summed E-state index contributed by atoms with van der Waals surface area (Å²) in [6, 6.07) is 0.483. The third-order valence-electron chi connectivity index (χ3n) is 4.43. The summed E-state index contributed by atoms with van der Waals surface area (Å²) in [5.74, 6) is 7.63. The van der Waals surface area contributed by atoms with E-state index in [1.54, 1.807) is 0 Å². The molecule has 0 heterocycles. The van der Waals surface area contributed by atoms with Gasteiger partial charge in [0.2, 0.25) is 0 Å². The average Bonchev–Trinajstić information content (AvgIpc) is 2.00. The van der Waals surface area contributed by atoms with Crippen molar-refractivity contribution in [3.05, 3.63) is 0 Å². The second kappa shape index (κ2) is 2.47. The van der Waals surface area contributed by atoms with E-state index in [-0.39, 0.29) is 5.60 Å². The van der Waals surface area contributed by atoms with Crippen molar-refractivity contribution in [2.24, 2.45) is 23.6 Å². The summed E-state index contributed by atoms with van der Waals surface area (Å²) in [5, 5.41) is 10.2. The van der Waals surface area contributed by atoms with Crippen LogP contribution in [0.1, 0.15) is 32.1 Å². The molecule has 4 saturated carbocycles. The summed E-state index contributed by atoms with van der Waals surface area (Å²) in [4.78, 5) is 0. The minimum atomic E-state index is -0.316. The Bertz CT molecular complexity index is 215. The van der Waals surface area contributed by atoms with E-state index >= 15 is 0 Å². The topological polar surface area (TPSA) is 58.3 Å². The molecule has 4 rings (SSSR count). The molecule has 2 unspecified atom stereocenters. The van der Waals surface area contributed by atoms with Crippen LogP contribution in [0.15, 0.2) is 0 Å². The van der Waals surface area contributed by atoms with Gasteiger partial charge in [-0.1, -0.05) is 0 Å². The van der Waals surface area contributed by atoms with Gasteiger partial charge in [-0.15, -0.1) is 0 Å². The summed E-state index contributed by atoms with van der Waals surface area (Å²) in [7, 11) is 0. The normalized spacial score (nSPS) is 58.6. The van der Waals surface area contributed by atoms with Crippen LogP contribution in [0, 0.1) is 17.8 Å².